The van der Waals surface area contributed by atoms with Crippen molar-refractivity contribution in [3.8, 4) is 0 Å². The molecule has 0 spiro atoms. The molecule has 2 rings (SSSR count). The van der Waals surface area contributed by atoms with Gasteiger partial charge in [0.15, 0.2) is 0 Å². The Morgan fingerprint density at radius 2 is 2.28 bits per heavy atom. The first-order valence-corrected chi connectivity index (χ1v) is 9.07. The van der Waals surface area contributed by atoms with Crippen LogP contribution in [0.3, 0.4) is 0 Å². The van der Waals surface area contributed by atoms with E-state index in [1.165, 1.54) is 11.3 Å². The molecule has 102 valence electrons. The summed E-state index contributed by atoms with van der Waals surface area (Å²) in [5.41, 5.74) is 0. The lowest BCUT2D eigenvalue weighted by Crippen LogP contribution is -2.41. The van der Waals surface area contributed by atoms with Gasteiger partial charge in [-0.15, -0.1) is 11.3 Å². The van der Waals surface area contributed by atoms with Gasteiger partial charge in [0.25, 0.3) is 0 Å². The molecular formula is C11H17NO3S3. The van der Waals surface area contributed by atoms with Crippen molar-refractivity contribution in [2.75, 3.05) is 18.8 Å². The first-order valence-electron chi connectivity index (χ1n) is 5.77. The lowest BCUT2D eigenvalue weighted by molar-refractivity contribution is 0.285. The van der Waals surface area contributed by atoms with Crippen molar-refractivity contribution in [3.63, 3.8) is 0 Å². The van der Waals surface area contributed by atoms with Gasteiger partial charge in [-0.05, 0) is 13.0 Å². The fourth-order valence-electron chi connectivity index (χ4n) is 2.00. The van der Waals surface area contributed by atoms with Crippen LogP contribution in [0.1, 0.15) is 16.7 Å². The molecule has 0 bridgehead atoms. The minimum atomic E-state index is -3.40. The maximum atomic E-state index is 12.5. The number of aliphatic hydroxyl groups is 1. The van der Waals surface area contributed by atoms with Gasteiger partial charge in [0.05, 0.1) is 11.5 Å². The highest BCUT2D eigenvalue weighted by molar-refractivity contribution is 8.00. The highest BCUT2D eigenvalue weighted by atomic mass is 32.2. The third kappa shape index (κ3) is 2.75. The number of nitrogens with zero attached hydrogens (tertiary/aromatic N) is 1. The van der Waals surface area contributed by atoms with Gasteiger partial charge in [0.2, 0.25) is 10.0 Å². The van der Waals surface area contributed by atoms with Crippen LogP contribution in [0.5, 0.6) is 0 Å². The molecule has 0 saturated carbocycles. The van der Waals surface area contributed by atoms with Gasteiger partial charge in [0.1, 0.15) is 0 Å². The highest BCUT2D eigenvalue weighted by Gasteiger charge is 2.31. The Labute approximate surface area is 116 Å². The molecule has 7 heteroatoms. The maximum Gasteiger partial charge on any atom is 0.244 e. The van der Waals surface area contributed by atoms with E-state index in [9.17, 15) is 8.42 Å². The van der Waals surface area contributed by atoms with Gasteiger partial charge in [-0.1, -0.05) is 6.92 Å². The van der Waals surface area contributed by atoms with Crippen LogP contribution in [-0.2, 0) is 16.6 Å². The second-order valence-electron chi connectivity index (χ2n) is 4.34. The van der Waals surface area contributed by atoms with Crippen LogP contribution in [0.15, 0.2) is 11.0 Å². The monoisotopic (exact) mass is 307 g/mol. The Hall–Kier alpha value is -0.0800. The molecule has 1 aliphatic rings. The summed E-state index contributed by atoms with van der Waals surface area (Å²) >= 11 is 3.15. The van der Waals surface area contributed by atoms with E-state index in [1.807, 2.05) is 6.92 Å². The minimum Gasteiger partial charge on any atom is -0.391 e. The van der Waals surface area contributed by atoms with Gasteiger partial charge in [-0.3, -0.25) is 0 Å². The first-order chi connectivity index (χ1) is 8.45. The molecule has 0 radical (unpaired) electrons. The predicted octanol–water partition coefficient (Wildman–Crippen LogP) is 1.67. The number of hydrogen-bond acceptors (Lipinski definition) is 5. The molecule has 1 fully saturated rings. The summed E-state index contributed by atoms with van der Waals surface area (Å²) in [4.78, 5) is 1.81. The van der Waals surface area contributed by atoms with E-state index in [4.69, 9.17) is 5.11 Å². The zero-order valence-electron chi connectivity index (χ0n) is 10.4. The highest BCUT2D eigenvalue weighted by Crippen LogP contribution is 2.30. The van der Waals surface area contributed by atoms with Crippen molar-refractivity contribution in [2.24, 2.45) is 0 Å². The van der Waals surface area contributed by atoms with E-state index in [2.05, 4.69) is 0 Å². The molecule has 0 aliphatic carbocycles. The van der Waals surface area contributed by atoms with E-state index in [1.54, 1.807) is 29.1 Å². The van der Waals surface area contributed by atoms with Gasteiger partial charge in [0, 0.05) is 33.8 Å². The van der Waals surface area contributed by atoms with Crippen LogP contribution in [0.2, 0.25) is 0 Å². The molecule has 1 atom stereocenters. The van der Waals surface area contributed by atoms with Crippen LogP contribution in [0.4, 0.5) is 0 Å². The Morgan fingerprint density at radius 3 is 2.83 bits per heavy atom. The molecule has 0 amide bonds. The first kappa shape index (κ1) is 14.3. The number of rotatable bonds is 3. The Kier molecular flexibility index (Phi) is 4.38. The topological polar surface area (TPSA) is 57.6 Å². The molecule has 1 N–H and O–H groups in total. The number of thiophene rings is 1. The van der Waals surface area contributed by atoms with Gasteiger partial charge in [-0.2, -0.15) is 16.1 Å². The van der Waals surface area contributed by atoms with Gasteiger partial charge < -0.3 is 5.11 Å². The maximum absolute atomic E-state index is 12.5. The van der Waals surface area contributed by atoms with Crippen molar-refractivity contribution < 1.29 is 13.5 Å². The van der Waals surface area contributed by atoms with Gasteiger partial charge >= 0.3 is 0 Å². The average Bonchev–Trinajstić information content (AvgIpc) is 2.71. The van der Waals surface area contributed by atoms with E-state index in [0.29, 0.717) is 28.1 Å². The normalized spacial score (nSPS) is 22.3. The Bertz CT molecular complexity index is 524. The second-order valence-corrected chi connectivity index (χ2v) is 9.13. The molecule has 2 heterocycles. The number of aliphatic hydroxyl groups excluding tert-OH is 1. The summed E-state index contributed by atoms with van der Waals surface area (Å²) in [5, 5.41) is 9.43. The smallest absolute Gasteiger partial charge is 0.244 e. The van der Waals surface area contributed by atoms with Crippen LogP contribution in [0.25, 0.3) is 0 Å². The number of thioether (sulfide) groups is 1. The molecule has 1 aliphatic heterocycles. The summed E-state index contributed by atoms with van der Waals surface area (Å²) < 4.78 is 26.6. The van der Waals surface area contributed by atoms with E-state index in [0.717, 1.165) is 10.6 Å². The molecule has 4 nitrogen and oxygen atoms in total. The van der Waals surface area contributed by atoms with Crippen molar-refractivity contribution >= 4 is 33.1 Å². The fraction of sp³-hybridized carbons (Fsp3) is 0.636. The van der Waals surface area contributed by atoms with Crippen molar-refractivity contribution in [1.29, 1.82) is 0 Å². The summed E-state index contributed by atoms with van der Waals surface area (Å²) in [6.45, 7) is 4.87. The lowest BCUT2D eigenvalue weighted by Gasteiger charge is -2.29. The molecule has 0 aromatic carbocycles. The van der Waals surface area contributed by atoms with E-state index < -0.39 is 10.0 Å². The molecule has 18 heavy (non-hydrogen) atoms. The molecule has 1 saturated heterocycles. The molecule has 1 aromatic rings. The zero-order chi connectivity index (χ0) is 13.3. The third-order valence-electron chi connectivity index (χ3n) is 2.90. The summed E-state index contributed by atoms with van der Waals surface area (Å²) in [7, 11) is -3.40. The van der Waals surface area contributed by atoms with Crippen LogP contribution >= 0.6 is 23.1 Å². The predicted molar refractivity (Wildman–Crippen MR) is 75.7 cm³/mol. The molecule has 1 unspecified atom stereocenters. The number of sulfonamides is 1. The number of hydrogen-bond donors (Lipinski definition) is 1. The van der Waals surface area contributed by atoms with Crippen LogP contribution in [0, 0.1) is 6.92 Å². The van der Waals surface area contributed by atoms with Crippen molar-refractivity contribution in [1.82, 2.24) is 4.31 Å². The van der Waals surface area contributed by atoms with E-state index in [-0.39, 0.29) is 6.61 Å². The van der Waals surface area contributed by atoms with E-state index >= 15 is 0 Å². The zero-order valence-corrected chi connectivity index (χ0v) is 12.9. The molecule has 1 aromatic heterocycles. The Morgan fingerprint density at radius 1 is 1.56 bits per heavy atom. The second kappa shape index (κ2) is 5.50. The summed E-state index contributed by atoms with van der Waals surface area (Å²) in [6.07, 6.45) is 0. The van der Waals surface area contributed by atoms with Crippen molar-refractivity contribution in [3.05, 3.63) is 15.8 Å². The number of aryl methyl sites for hydroxylation is 1. The van der Waals surface area contributed by atoms with Crippen molar-refractivity contribution in [2.45, 2.75) is 30.6 Å². The fourth-order valence-corrected chi connectivity index (χ4v) is 6.22. The summed E-state index contributed by atoms with van der Waals surface area (Å²) in [5.74, 6) is 0.844. The average molecular weight is 307 g/mol. The third-order valence-corrected chi connectivity index (χ3v) is 7.19. The summed E-state index contributed by atoms with van der Waals surface area (Å²) in [6, 6.07) is 1.60. The molecular weight excluding hydrogens is 290 g/mol. The largest absolute Gasteiger partial charge is 0.391 e. The standard InChI is InChI=1S/C11H17NO3S3/c1-8-6-12(3-4-16-8)18(14,15)11-5-10(7-13)17-9(11)2/h5,8,13H,3-4,6-7H2,1-2H3. The Balaban J connectivity index is 2.32. The minimum absolute atomic E-state index is 0.104. The van der Waals surface area contributed by atoms with Gasteiger partial charge in [-0.25, -0.2) is 8.42 Å². The van der Waals surface area contributed by atoms with Crippen LogP contribution < -0.4 is 0 Å². The lowest BCUT2D eigenvalue weighted by atomic mass is 10.4. The quantitative estimate of drug-likeness (QED) is 0.923. The van der Waals surface area contributed by atoms with Crippen LogP contribution in [-0.4, -0.2) is 41.9 Å². The SMILES string of the molecule is Cc1sc(CO)cc1S(=O)(=O)N1CCSC(C)C1.